The monoisotopic (exact) mass is 278 g/mol. The van der Waals surface area contributed by atoms with Gasteiger partial charge in [0.2, 0.25) is 5.91 Å². The summed E-state index contributed by atoms with van der Waals surface area (Å²) in [5.41, 5.74) is 1.49. The maximum atomic E-state index is 11.9. The SMILES string of the molecule is CC(CO)NC(=O)c1cccc(CCC(=O)N(C)C)c1. The molecular weight excluding hydrogens is 256 g/mol. The third kappa shape index (κ3) is 5.01. The minimum atomic E-state index is -0.276. The highest BCUT2D eigenvalue weighted by Crippen LogP contribution is 2.08. The predicted molar refractivity (Wildman–Crippen MR) is 77.5 cm³/mol. The van der Waals surface area contributed by atoms with Crippen LogP contribution in [0.4, 0.5) is 0 Å². The molecule has 5 heteroatoms. The highest BCUT2D eigenvalue weighted by Gasteiger charge is 2.10. The fourth-order valence-corrected chi connectivity index (χ4v) is 1.70. The van der Waals surface area contributed by atoms with Crippen LogP contribution in [0.1, 0.15) is 29.3 Å². The van der Waals surface area contributed by atoms with E-state index in [1.807, 2.05) is 6.07 Å². The Morgan fingerprint density at radius 2 is 2.05 bits per heavy atom. The lowest BCUT2D eigenvalue weighted by atomic mass is 10.1. The molecule has 1 aromatic carbocycles. The van der Waals surface area contributed by atoms with Gasteiger partial charge >= 0.3 is 0 Å². The highest BCUT2D eigenvalue weighted by atomic mass is 16.3. The summed E-state index contributed by atoms with van der Waals surface area (Å²) >= 11 is 0. The van der Waals surface area contributed by atoms with Crippen LogP contribution in [0, 0.1) is 0 Å². The van der Waals surface area contributed by atoms with E-state index in [-0.39, 0.29) is 24.5 Å². The molecule has 20 heavy (non-hydrogen) atoms. The van der Waals surface area contributed by atoms with Gasteiger partial charge in [-0.1, -0.05) is 12.1 Å². The van der Waals surface area contributed by atoms with E-state index in [2.05, 4.69) is 5.32 Å². The number of rotatable bonds is 6. The molecule has 1 aromatic rings. The average Bonchev–Trinajstić information content (AvgIpc) is 2.44. The van der Waals surface area contributed by atoms with Gasteiger partial charge in [-0.25, -0.2) is 0 Å². The lowest BCUT2D eigenvalue weighted by Gasteiger charge is -2.12. The standard InChI is InChI=1S/C15H22N2O3/c1-11(10-18)16-15(20)13-6-4-5-12(9-13)7-8-14(19)17(2)3/h4-6,9,11,18H,7-8,10H2,1-3H3,(H,16,20). The van der Waals surface area contributed by atoms with Crippen LogP contribution in [0.25, 0.3) is 0 Å². The molecular formula is C15H22N2O3. The van der Waals surface area contributed by atoms with Gasteiger partial charge in [-0.2, -0.15) is 0 Å². The molecule has 0 fully saturated rings. The first-order valence-corrected chi connectivity index (χ1v) is 6.65. The number of nitrogens with one attached hydrogen (secondary N) is 1. The van der Waals surface area contributed by atoms with Crippen molar-refractivity contribution in [3.8, 4) is 0 Å². The van der Waals surface area contributed by atoms with Gasteiger partial charge in [-0.15, -0.1) is 0 Å². The summed E-state index contributed by atoms with van der Waals surface area (Å²) in [6, 6.07) is 6.92. The fourth-order valence-electron chi connectivity index (χ4n) is 1.70. The number of aryl methyl sites for hydroxylation is 1. The second-order valence-corrected chi connectivity index (χ2v) is 5.05. The molecule has 2 N–H and O–H groups in total. The first-order chi connectivity index (χ1) is 9.43. The molecule has 0 aliphatic rings. The Balaban J connectivity index is 2.66. The van der Waals surface area contributed by atoms with Crippen molar-refractivity contribution >= 4 is 11.8 Å². The van der Waals surface area contributed by atoms with Gasteiger partial charge in [-0.05, 0) is 31.0 Å². The third-order valence-corrected chi connectivity index (χ3v) is 2.97. The van der Waals surface area contributed by atoms with Crippen LogP contribution in [0.3, 0.4) is 0 Å². The molecule has 0 radical (unpaired) electrons. The van der Waals surface area contributed by atoms with Crippen LogP contribution in [-0.2, 0) is 11.2 Å². The van der Waals surface area contributed by atoms with Crippen LogP contribution in [0.15, 0.2) is 24.3 Å². The van der Waals surface area contributed by atoms with E-state index in [0.717, 1.165) is 5.56 Å². The normalized spacial score (nSPS) is 11.8. The zero-order valence-corrected chi connectivity index (χ0v) is 12.2. The molecule has 1 unspecified atom stereocenters. The quantitative estimate of drug-likeness (QED) is 0.809. The van der Waals surface area contributed by atoms with Gasteiger partial charge in [0.05, 0.1) is 6.61 Å². The Kier molecular flexibility index (Phi) is 6.18. The smallest absolute Gasteiger partial charge is 0.251 e. The van der Waals surface area contributed by atoms with E-state index in [0.29, 0.717) is 18.4 Å². The van der Waals surface area contributed by atoms with Gasteiger partial charge < -0.3 is 15.3 Å². The van der Waals surface area contributed by atoms with Gasteiger partial charge in [0.1, 0.15) is 0 Å². The minimum absolute atomic E-state index is 0.0637. The Morgan fingerprint density at radius 1 is 1.35 bits per heavy atom. The van der Waals surface area contributed by atoms with Crippen LogP contribution in [0.2, 0.25) is 0 Å². The van der Waals surface area contributed by atoms with Crippen molar-refractivity contribution in [2.24, 2.45) is 0 Å². The molecule has 0 bridgehead atoms. The van der Waals surface area contributed by atoms with Crippen molar-refractivity contribution in [1.29, 1.82) is 0 Å². The lowest BCUT2D eigenvalue weighted by molar-refractivity contribution is -0.128. The van der Waals surface area contributed by atoms with Crippen molar-refractivity contribution in [2.75, 3.05) is 20.7 Å². The van der Waals surface area contributed by atoms with E-state index in [1.54, 1.807) is 44.1 Å². The molecule has 0 aromatic heterocycles. The molecule has 0 aliphatic heterocycles. The van der Waals surface area contributed by atoms with Gasteiger partial charge in [0.25, 0.3) is 5.91 Å². The first kappa shape index (κ1) is 16.2. The number of aliphatic hydroxyl groups excluding tert-OH is 1. The highest BCUT2D eigenvalue weighted by molar-refractivity contribution is 5.94. The maximum Gasteiger partial charge on any atom is 0.251 e. The number of benzene rings is 1. The Labute approximate surface area is 119 Å². The number of hydrogen-bond acceptors (Lipinski definition) is 3. The average molecular weight is 278 g/mol. The van der Waals surface area contributed by atoms with E-state index in [4.69, 9.17) is 5.11 Å². The largest absolute Gasteiger partial charge is 0.394 e. The molecule has 0 saturated carbocycles. The molecule has 1 atom stereocenters. The molecule has 2 amide bonds. The summed E-state index contributed by atoms with van der Waals surface area (Å²) in [6.07, 6.45) is 1.03. The van der Waals surface area contributed by atoms with Gasteiger partial charge in [-0.3, -0.25) is 9.59 Å². The minimum Gasteiger partial charge on any atom is -0.394 e. The number of aliphatic hydroxyl groups is 1. The zero-order valence-electron chi connectivity index (χ0n) is 12.2. The molecule has 0 saturated heterocycles. The molecule has 1 rings (SSSR count). The third-order valence-electron chi connectivity index (χ3n) is 2.97. The van der Waals surface area contributed by atoms with Crippen LogP contribution >= 0.6 is 0 Å². The zero-order chi connectivity index (χ0) is 15.1. The van der Waals surface area contributed by atoms with E-state index in [9.17, 15) is 9.59 Å². The number of carbonyl (C=O) groups is 2. The Bertz CT molecular complexity index is 472. The van der Waals surface area contributed by atoms with Crippen LogP contribution in [0.5, 0.6) is 0 Å². The Hall–Kier alpha value is -1.88. The number of carbonyl (C=O) groups excluding carboxylic acids is 2. The molecule has 110 valence electrons. The van der Waals surface area contributed by atoms with Crippen LogP contribution < -0.4 is 5.32 Å². The van der Waals surface area contributed by atoms with E-state index in [1.165, 1.54) is 0 Å². The molecule has 5 nitrogen and oxygen atoms in total. The van der Waals surface area contributed by atoms with Crippen molar-refractivity contribution in [3.05, 3.63) is 35.4 Å². The van der Waals surface area contributed by atoms with Gasteiger partial charge in [0, 0.05) is 32.1 Å². The fraction of sp³-hybridized carbons (Fsp3) is 0.467. The van der Waals surface area contributed by atoms with Crippen molar-refractivity contribution in [3.63, 3.8) is 0 Å². The number of nitrogens with zero attached hydrogens (tertiary/aromatic N) is 1. The Morgan fingerprint density at radius 3 is 2.65 bits per heavy atom. The number of amides is 2. The van der Waals surface area contributed by atoms with Crippen molar-refractivity contribution in [2.45, 2.75) is 25.8 Å². The molecule has 0 aliphatic carbocycles. The van der Waals surface area contributed by atoms with Crippen molar-refractivity contribution in [1.82, 2.24) is 10.2 Å². The number of hydrogen-bond donors (Lipinski definition) is 2. The summed E-state index contributed by atoms with van der Waals surface area (Å²) in [5.74, 6) is -0.152. The summed E-state index contributed by atoms with van der Waals surface area (Å²) in [4.78, 5) is 25.0. The summed E-state index contributed by atoms with van der Waals surface area (Å²) < 4.78 is 0. The summed E-state index contributed by atoms with van der Waals surface area (Å²) in [6.45, 7) is 1.64. The topological polar surface area (TPSA) is 69.6 Å². The lowest BCUT2D eigenvalue weighted by Crippen LogP contribution is -2.35. The van der Waals surface area contributed by atoms with Gasteiger partial charge in [0.15, 0.2) is 0 Å². The first-order valence-electron chi connectivity index (χ1n) is 6.65. The predicted octanol–water partition coefficient (Wildman–Crippen LogP) is 0.818. The van der Waals surface area contributed by atoms with E-state index >= 15 is 0 Å². The van der Waals surface area contributed by atoms with Crippen LogP contribution in [-0.4, -0.2) is 48.6 Å². The second kappa shape index (κ2) is 7.65. The van der Waals surface area contributed by atoms with E-state index < -0.39 is 0 Å². The summed E-state index contributed by atoms with van der Waals surface area (Å²) in [7, 11) is 3.45. The van der Waals surface area contributed by atoms with Crippen molar-refractivity contribution < 1.29 is 14.7 Å². The second-order valence-electron chi connectivity index (χ2n) is 5.05. The maximum absolute atomic E-state index is 11.9. The molecule has 0 spiro atoms. The molecule has 0 heterocycles. The summed E-state index contributed by atoms with van der Waals surface area (Å²) in [5, 5.41) is 11.6.